The lowest BCUT2D eigenvalue weighted by Crippen LogP contribution is -2.28. The summed E-state index contributed by atoms with van der Waals surface area (Å²) in [6.45, 7) is -0.739. The zero-order valence-corrected chi connectivity index (χ0v) is 10.3. The number of benzene rings is 1. The molecule has 2 N–H and O–H groups in total. The molecule has 0 atom stereocenters. The fourth-order valence-corrected chi connectivity index (χ4v) is 1.48. The Morgan fingerprint density at radius 3 is 2.63 bits per heavy atom. The highest BCUT2D eigenvalue weighted by Gasteiger charge is 2.10. The van der Waals surface area contributed by atoms with E-state index in [0.717, 1.165) is 6.08 Å². The van der Waals surface area contributed by atoms with Gasteiger partial charge in [0.15, 0.2) is 0 Å². The molecule has 19 heavy (non-hydrogen) atoms. The Hall–Kier alpha value is -1.95. The maximum absolute atomic E-state index is 11.9. The number of nitrogens with one attached hydrogen (secondary N) is 1. The average molecular weight is 290 g/mol. The second-order valence-corrected chi connectivity index (χ2v) is 3.92. The molecule has 4 nitrogen and oxygen atoms in total. The lowest BCUT2D eigenvalue weighted by atomic mass is 10.1. The van der Waals surface area contributed by atoms with Gasteiger partial charge in [-0.05, 0) is 23.8 Å². The van der Waals surface area contributed by atoms with Crippen LogP contribution < -0.4 is 5.32 Å². The maximum atomic E-state index is 11.9. The Morgan fingerprint density at radius 2 is 2.11 bits per heavy atom. The Bertz CT molecular complexity index is 518. The first kappa shape index (κ1) is 15.1. The zero-order chi connectivity index (χ0) is 14.4. The molecule has 0 saturated heterocycles. The van der Waals surface area contributed by atoms with Crippen molar-refractivity contribution in [2.24, 2.45) is 0 Å². The number of aliphatic carboxylic acids is 1. The molecule has 102 valence electrons. The SMILES string of the molecule is O=C(O)/C=C/c1ccc(C(=O)NCC(F)F)cc1Cl. The summed E-state index contributed by atoms with van der Waals surface area (Å²) in [5.74, 6) is -1.80. The average Bonchev–Trinajstić information content (AvgIpc) is 2.34. The van der Waals surface area contributed by atoms with Crippen LogP contribution in [-0.2, 0) is 4.79 Å². The Labute approximate surface area is 112 Å². The zero-order valence-electron chi connectivity index (χ0n) is 9.57. The van der Waals surface area contributed by atoms with Gasteiger partial charge in [0.2, 0.25) is 0 Å². The molecule has 0 bridgehead atoms. The fourth-order valence-electron chi connectivity index (χ4n) is 1.24. The van der Waals surface area contributed by atoms with Crippen LogP contribution in [0.1, 0.15) is 15.9 Å². The van der Waals surface area contributed by atoms with Crippen LogP contribution in [0.15, 0.2) is 24.3 Å². The molecular formula is C12H10ClF2NO3. The third-order valence-electron chi connectivity index (χ3n) is 2.09. The summed E-state index contributed by atoms with van der Waals surface area (Å²) in [7, 11) is 0. The molecule has 0 aromatic heterocycles. The summed E-state index contributed by atoms with van der Waals surface area (Å²) >= 11 is 5.85. The van der Waals surface area contributed by atoms with Crippen LogP contribution in [0.2, 0.25) is 5.02 Å². The number of amides is 1. The van der Waals surface area contributed by atoms with Gasteiger partial charge in [0.1, 0.15) is 0 Å². The molecule has 0 aliphatic carbocycles. The molecule has 1 rings (SSSR count). The van der Waals surface area contributed by atoms with E-state index in [1.54, 1.807) is 0 Å². The quantitative estimate of drug-likeness (QED) is 0.818. The largest absolute Gasteiger partial charge is 0.478 e. The van der Waals surface area contributed by atoms with Gasteiger partial charge in [0.05, 0.1) is 6.54 Å². The number of halogens is 3. The van der Waals surface area contributed by atoms with Gasteiger partial charge in [0.25, 0.3) is 12.3 Å². The second-order valence-electron chi connectivity index (χ2n) is 3.51. The van der Waals surface area contributed by atoms with E-state index in [1.165, 1.54) is 24.3 Å². The van der Waals surface area contributed by atoms with Crippen LogP contribution in [0.3, 0.4) is 0 Å². The molecule has 0 aliphatic heterocycles. The van der Waals surface area contributed by atoms with Gasteiger partial charge in [-0.1, -0.05) is 17.7 Å². The summed E-state index contributed by atoms with van der Waals surface area (Å²) in [6, 6.07) is 4.08. The molecule has 1 amide bonds. The first-order valence-electron chi connectivity index (χ1n) is 5.17. The molecule has 0 unspecified atom stereocenters. The van der Waals surface area contributed by atoms with Gasteiger partial charge in [0, 0.05) is 16.7 Å². The number of rotatable bonds is 5. The minimum atomic E-state index is -2.63. The van der Waals surface area contributed by atoms with E-state index in [9.17, 15) is 18.4 Å². The first-order chi connectivity index (χ1) is 8.90. The molecule has 0 aliphatic rings. The molecular weight excluding hydrogens is 280 g/mol. The Morgan fingerprint density at radius 1 is 1.42 bits per heavy atom. The fraction of sp³-hybridized carbons (Fsp3) is 0.167. The van der Waals surface area contributed by atoms with Gasteiger partial charge in [-0.15, -0.1) is 0 Å². The van der Waals surface area contributed by atoms with Crippen LogP contribution in [0.5, 0.6) is 0 Å². The van der Waals surface area contributed by atoms with Crippen molar-refractivity contribution in [1.82, 2.24) is 5.32 Å². The van der Waals surface area contributed by atoms with E-state index in [2.05, 4.69) is 0 Å². The number of alkyl halides is 2. The van der Waals surface area contributed by atoms with Crippen molar-refractivity contribution in [3.8, 4) is 0 Å². The summed E-state index contributed by atoms with van der Waals surface area (Å²) < 4.78 is 23.8. The molecule has 0 heterocycles. The van der Waals surface area contributed by atoms with Crippen molar-refractivity contribution >= 4 is 29.6 Å². The number of carbonyl (C=O) groups excluding carboxylic acids is 1. The third-order valence-corrected chi connectivity index (χ3v) is 2.41. The maximum Gasteiger partial charge on any atom is 0.328 e. The number of carbonyl (C=O) groups is 2. The van der Waals surface area contributed by atoms with Crippen molar-refractivity contribution in [1.29, 1.82) is 0 Å². The summed E-state index contributed by atoms with van der Waals surface area (Å²) in [5, 5.41) is 10.7. The molecule has 1 aromatic rings. The highest BCUT2D eigenvalue weighted by atomic mass is 35.5. The number of carboxylic acid groups (broad SMARTS) is 1. The highest BCUT2D eigenvalue weighted by molar-refractivity contribution is 6.32. The molecule has 7 heteroatoms. The molecule has 0 saturated carbocycles. The van der Waals surface area contributed by atoms with E-state index in [0.29, 0.717) is 5.56 Å². The predicted octanol–water partition coefficient (Wildman–Crippen LogP) is 2.43. The van der Waals surface area contributed by atoms with Crippen molar-refractivity contribution in [3.63, 3.8) is 0 Å². The third kappa shape index (κ3) is 5.05. The lowest BCUT2D eigenvalue weighted by Gasteiger charge is -2.06. The van der Waals surface area contributed by atoms with Crippen molar-refractivity contribution in [3.05, 3.63) is 40.4 Å². The van der Waals surface area contributed by atoms with Crippen molar-refractivity contribution < 1.29 is 23.5 Å². The molecule has 1 aromatic carbocycles. The second kappa shape index (κ2) is 6.84. The first-order valence-corrected chi connectivity index (χ1v) is 5.55. The number of hydrogen-bond donors (Lipinski definition) is 2. The normalized spacial score (nSPS) is 10.9. The lowest BCUT2D eigenvalue weighted by molar-refractivity contribution is -0.131. The standard InChI is InChI=1S/C12H10ClF2NO3/c13-9-5-8(12(19)16-6-10(14)15)2-1-7(9)3-4-11(17)18/h1-5,10H,6H2,(H,16,19)(H,17,18)/b4-3+. The van der Waals surface area contributed by atoms with Crippen molar-refractivity contribution in [2.75, 3.05) is 6.54 Å². The van der Waals surface area contributed by atoms with Crippen LogP contribution in [-0.4, -0.2) is 30.0 Å². The van der Waals surface area contributed by atoms with E-state index in [1.807, 2.05) is 5.32 Å². The predicted molar refractivity (Wildman–Crippen MR) is 66.5 cm³/mol. The summed E-state index contributed by atoms with van der Waals surface area (Å²) in [6.07, 6.45) is -0.458. The molecule has 0 spiro atoms. The van der Waals surface area contributed by atoms with Gasteiger partial charge < -0.3 is 10.4 Å². The van der Waals surface area contributed by atoms with Gasteiger partial charge in [-0.2, -0.15) is 0 Å². The smallest absolute Gasteiger partial charge is 0.328 e. The van der Waals surface area contributed by atoms with Gasteiger partial charge in [-0.25, -0.2) is 13.6 Å². The van der Waals surface area contributed by atoms with Crippen molar-refractivity contribution in [2.45, 2.75) is 6.43 Å². The summed E-state index contributed by atoms with van der Waals surface area (Å²) in [5.41, 5.74) is 0.535. The minimum absolute atomic E-state index is 0.123. The van der Waals surface area contributed by atoms with Crippen LogP contribution in [0.4, 0.5) is 8.78 Å². The Balaban J connectivity index is 2.81. The number of carboxylic acids is 1. The summed E-state index contributed by atoms with van der Waals surface area (Å²) in [4.78, 5) is 21.8. The van der Waals surface area contributed by atoms with Gasteiger partial charge in [-0.3, -0.25) is 4.79 Å². The highest BCUT2D eigenvalue weighted by Crippen LogP contribution is 2.19. The van der Waals surface area contributed by atoms with Crippen LogP contribution in [0.25, 0.3) is 6.08 Å². The molecule has 0 fully saturated rings. The monoisotopic (exact) mass is 289 g/mol. The van der Waals surface area contributed by atoms with E-state index in [4.69, 9.17) is 16.7 Å². The van der Waals surface area contributed by atoms with Gasteiger partial charge >= 0.3 is 5.97 Å². The van der Waals surface area contributed by atoms with Crippen LogP contribution >= 0.6 is 11.6 Å². The van der Waals surface area contributed by atoms with E-state index >= 15 is 0 Å². The number of hydrogen-bond acceptors (Lipinski definition) is 2. The van der Waals surface area contributed by atoms with Crippen LogP contribution in [0, 0.1) is 0 Å². The van der Waals surface area contributed by atoms with E-state index in [-0.39, 0.29) is 10.6 Å². The Kier molecular flexibility index (Phi) is 5.44. The van der Waals surface area contributed by atoms with E-state index < -0.39 is 24.8 Å². The molecule has 0 radical (unpaired) electrons. The minimum Gasteiger partial charge on any atom is -0.478 e. The topological polar surface area (TPSA) is 66.4 Å².